The fraction of sp³-hybridized carbons (Fsp3) is 0.150. The smallest absolute Gasteiger partial charge is 0.258 e. The van der Waals surface area contributed by atoms with Crippen LogP contribution >= 0.6 is 11.3 Å². The molecule has 0 fully saturated rings. The van der Waals surface area contributed by atoms with E-state index < -0.39 is 0 Å². The van der Waals surface area contributed by atoms with Gasteiger partial charge in [0.05, 0.1) is 6.54 Å². The van der Waals surface area contributed by atoms with Gasteiger partial charge in [0.15, 0.2) is 6.61 Å². The first-order chi connectivity index (χ1) is 11.7. The standard InChI is InChI=1S/C20H19NO2S/c1-15-4-6-16(7-5-15)17-8-10-18(11-9-17)23-14-20(22)21-13-19-3-2-12-24-19/h2-12H,13-14H2,1H3,(H,21,22). The second-order valence-electron chi connectivity index (χ2n) is 5.54. The van der Waals surface area contributed by atoms with Crippen LogP contribution in [-0.4, -0.2) is 12.5 Å². The molecular formula is C20H19NO2S. The third-order valence-corrected chi connectivity index (χ3v) is 4.53. The zero-order chi connectivity index (χ0) is 16.8. The average Bonchev–Trinajstić information content (AvgIpc) is 3.13. The second kappa shape index (κ2) is 7.79. The van der Waals surface area contributed by atoms with E-state index >= 15 is 0 Å². The Morgan fingerprint density at radius 1 is 1.00 bits per heavy atom. The van der Waals surface area contributed by atoms with Crippen molar-refractivity contribution in [3.63, 3.8) is 0 Å². The summed E-state index contributed by atoms with van der Waals surface area (Å²) >= 11 is 1.62. The number of benzene rings is 2. The molecule has 0 aliphatic rings. The van der Waals surface area contributed by atoms with Gasteiger partial charge in [-0.25, -0.2) is 0 Å². The number of ether oxygens (including phenoxy) is 1. The highest BCUT2D eigenvalue weighted by atomic mass is 32.1. The SMILES string of the molecule is Cc1ccc(-c2ccc(OCC(=O)NCc3cccs3)cc2)cc1. The Morgan fingerprint density at radius 3 is 2.29 bits per heavy atom. The molecule has 0 spiro atoms. The molecule has 0 saturated heterocycles. The van der Waals surface area contributed by atoms with Crippen LogP contribution in [0.3, 0.4) is 0 Å². The van der Waals surface area contributed by atoms with E-state index in [1.165, 1.54) is 11.1 Å². The minimum atomic E-state index is -0.119. The summed E-state index contributed by atoms with van der Waals surface area (Å²) in [6, 6.07) is 20.1. The largest absolute Gasteiger partial charge is 0.484 e. The number of rotatable bonds is 6. The molecule has 24 heavy (non-hydrogen) atoms. The molecule has 4 heteroatoms. The lowest BCUT2D eigenvalue weighted by Gasteiger charge is -2.08. The van der Waals surface area contributed by atoms with Crippen molar-refractivity contribution in [3.05, 3.63) is 76.5 Å². The zero-order valence-corrected chi connectivity index (χ0v) is 14.3. The van der Waals surface area contributed by atoms with Crippen molar-refractivity contribution < 1.29 is 9.53 Å². The van der Waals surface area contributed by atoms with Gasteiger partial charge in [-0.05, 0) is 41.6 Å². The zero-order valence-electron chi connectivity index (χ0n) is 13.5. The Balaban J connectivity index is 1.50. The highest BCUT2D eigenvalue weighted by Gasteiger charge is 2.04. The molecule has 0 bridgehead atoms. The lowest BCUT2D eigenvalue weighted by Crippen LogP contribution is -2.28. The van der Waals surface area contributed by atoms with Crippen LogP contribution in [0.2, 0.25) is 0 Å². The maximum Gasteiger partial charge on any atom is 0.258 e. The van der Waals surface area contributed by atoms with Crippen LogP contribution in [0.5, 0.6) is 5.75 Å². The van der Waals surface area contributed by atoms with E-state index in [-0.39, 0.29) is 12.5 Å². The van der Waals surface area contributed by atoms with E-state index in [2.05, 4.69) is 36.5 Å². The minimum absolute atomic E-state index is 0.0231. The van der Waals surface area contributed by atoms with E-state index in [0.29, 0.717) is 12.3 Å². The highest BCUT2D eigenvalue weighted by Crippen LogP contribution is 2.22. The van der Waals surface area contributed by atoms with Gasteiger partial charge in [-0.15, -0.1) is 11.3 Å². The summed E-state index contributed by atoms with van der Waals surface area (Å²) in [5, 5.41) is 4.84. The third-order valence-electron chi connectivity index (χ3n) is 3.65. The predicted octanol–water partition coefficient (Wildman–Crippen LogP) is 4.42. The number of amides is 1. The number of nitrogens with one attached hydrogen (secondary N) is 1. The summed E-state index contributed by atoms with van der Waals surface area (Å²) in [4.78, 5) is 12.9. The number of hydrogen-bond donors (Lipinski definition) is 1. The second-order valence-corrected chi connectivity index (χ2v) is 6.57. The van der Waals surface area contributed by atoms with Gasteiger partial charge in [-0.2, -0.15) is 0 Å². The van der Waals surface area contributed by atoms with Crippen molar-refractivity contribution >= 4 is 17.2 Å². The van der Waals surface area contributed by atoms with Crippen molar-refractivity contribution in [1.82, 2.24) is 5.32 Å². The molecule has 0 atom stereocenters. The van der Waals surface area contributed by atoms with Crippen molar-refractivity contribution in [1.29, 1.82) is 0 Å². The van der Waals surface area contributed by atoms with Crippen LogP contribution in [0.4, 0.5) is 0 Å². The summed E-state index contributed by atoms with van der Waals surface area (Å²) in [5.74, 6) is 0.572. The lowest BCUT2D eigenvalue weighted by atomic mass is 10.0. The molecule has 1 N–H and O–H groups in total. The fourth-order valence-electron chi connectivity index (χ4n) is 2.29. The Hall–Kier alpha value is -2.59. The summed E-state index contributed by atoms with van der Waals surface area (Å²) in [6.45, 7) is 2.64. The quantitative estimate of drug-likeness (QED) is 0.723. The normalized spacial score (nSPS) is 10.4. The molecule has 3 rings (SSSR count). The van der Waals surface area contributed by atoms with Crippen molar-refractivity contribution in [2.75, 3.05) is 6.61 Å². The minimum Gasteiger partial charge on any atom is -0.484 e. The number of carbonyl (C=O) groups is 1. The monoisotopic (exact) mass is 337 g/mol. The van der Waals surface area contributed by atoms with Gasteiger partial charge in [0.25, 0.3) is 5.91 Å². The van der Waals surface area contributed by atoms with Crippen LogP contribution in [0.25, 0.3) is 11.1 Å². The van der Waals surface area contributed by atoms with E-state index in [1.54, 1.807) is 11.3 Å². The fourth-order valence-corrected chi connectivity index (χ4v) is 2.93. The molecule has 0 saturated carbocycles. The molecule has 0 aliphatic heterocycles. The molecular weight excluding hydrogens is 318 g/mol. The number of hydrogen-bond acceptors (Lipinski definition) is 3. The van der Waals surface area contributed by atoms with Gasteiger partial charge in [-0.1, -0.05) is 48.0 Å². The molecule has 0 radical (unpaired) electrons. The van der Waals surface area contributed by atoms with Gasteiger partial charge in [0.2, 0.25) is 0 Å². The molecule has 122 valence electrons. The first-order valence-corrected chi connectivity index (χ1v) is 8.68. The van der Waals surface area contributed by atoms with Gasteiger partial charge in [-0.3, -0.25) is 4.79 Å². The van der Waals surface area contributed by atoms with Gasteiger partial charge >= 0.3 is 0 Å². The Kier molecular flexibility index (Phi) is 5.29. The van der Waals surface area contributed by atoms with Crippen LogP contribution in [-0.2, 0) is 11.3 Å². The molecule has 0 aliphatic carbocycles. The molecule has 2 aromatic carbocycles. The topological polar surface area (TPSA) is 38.3 Å². The Labute approximate surface area is 145 Å². The van der Waals surface area contributed by atoms with Crippen LogP contribution in [0, 0.1) is 6.92 Å². The van der Waals surface area contributed by atoms with Gasteiger partial charge < -0.3 is 10.1 Å². The van der Waals surface area contributed by atoms with Crippen molar-refractivity contribution in [3.8, 4) is 16.9 Å². The molecule has 1 amide bonds. The third kappa shape index (κ3) is 4.46. The first kappa shape index (κ1) is 16.3. The molecule has 1 aromatic heterocycles. The van der Waals surface area contributed by atoms with Gasteiger partial charge in [0.1, 0.15) is 5.75 Å². The number of aryl methyl sites for hydroxylation is 1. The van der Waals surface area contributed by atoms with E-state index in [1.807, 2.05) is 41.8 Å². The van der Waals surface area contributed by atoms with Crippen molar-refractivity contribution in [2.45, 2.75) is 13.5 Å². The molecule has 1 heterocycles. The van der Waals surface area contributed by atoms with Crippen LogP contribution < -0.4 is 10.1 Å². The van der Waals surface area contributed by atoms with E-state index in [9.17, 15) is 4.79 Å². The van der Waals surface area contributed by atoms with Crippen molar-refractivity contribution in [2.24, 2.45) is 0 Å². The number of thiophene rings is 1. The van der Waals surface area contributed by atoms with E-state index in [0.717, 1.165) is 10.4 Å². The first-order valence-electron chi connectivity index (χ1n) is 7.80. The summed E-state index contributed by atoms with van der Waals surface area (Å²) in [7, 11) is 0. The molecule has 0 unspecified atom stereocenters. The predicted molar refractivity (Wildman–Crippen MR) is 98.3 cm³/mol. The van der Waals surface area contributed by atoms with E-state index in [4.69, 9.17) is 4.74 Å². The summed E-state index contributed by atoms with van der Waals surface area (Å²) in [5.41, 5.74) is 3.54. The highest BCUT2D eigenvalue weighted by molar-refractivity contribution is 7.09. The maximum atomic E-state index is 11.8. The average molecular weight is 337 g/mol. The summed E-state index contributed by atoms with van der Waals surface area (Å²) < 4.78 is 5.54. The Bertz CT molecular complexity index is 778. The molecule has 3 aromatic rings. The Morgan fingerprint density at radius 2 is 1.67 bits per heavy atom. The molecule has 3 nitrogen and oxygen atoms in total. The lowest BCUT2D eigenvalue weighted by molar-refractivity contribution is -0.123. The van der Waals surface area contributed by atoms with Crippen LogP contribution in [0.15, 0.2) is 66.0 Å². The van der Waals surface area contributed by atoms with Crippen LogP contribution in [0.1, 0.15) is 10.4 Å². The maximum absolute atomic E-state index is 11.8. The number of carbonyl (C=O) groups excluding carboxylic acids is 1. The van der Waals surface area contributed by atoms with Gasteiger partial charge in [0, 0.05) is 4.88 Å². The summed E-state index contributed by atoms with van der Waals surface area (Å²) in [6.07, 6.45) is 0.